The summed E-state index contributed by atoms with van der Waals surface area (Å²) in [6, 6.07) is 0. The molecule has 4 atom stereocenters. The summed E-state index contributed by atoms with van der Waals surface area (Å²) in [5, 5.41) is 0. The van der Waals surface area contributed by atoms with E-state index >= 15 is 0 Å². The fourth-order valence-corrected chi connectivity index (χ4v) is 3.64. The monoisotopic (exact) mass is 180 g/mol. The Kier molecular flexibility index (Phi) is 1.85. The molecule has 0 radical (unpaired) electrons. The van der Waals surface area contributed by atoms with E-state index < -0.39 is 0 Å². The molecule has 2 rings (SSSR count). The van der Waals surface area contributed by atoms with Gasteiger partial charge in [0.15, 0.2) is 0 Å². The lowest BCUT2D eigenvalue weighted by Crippen LogP contribution is -2.10. The second-order valence-corrected chi connectivity index (χ2v) is 6.32. The van der Waals surface area contributed by atoms with Gasteiger partial charge in [0.05, 0.1) is 0 Å². The van der Waals surface area contributed by atoms with E-state index in [1.54, 1.807) is 0 Å². The Labute approximate surface area is 83.1 Å². The highest BCUT2D eigenvalue weighted by molar-refractivity contribution is 5.15. The zero-order chi connectivity index (χ0) is 9.85. The Hall–Kier alpha value is 0. The maximum atomic E-state index is 2.53. The molecule has 0 saturated heterocycles. The molecule has 2 saturated carbocycles. The van der Waals surface area contributed by atoms with Crippen LogP contribution in [0.1, 0.15) is 53.9 Å². The van der Waals surface area contributed by atoms with Crippen molar-refractivity contribution in [1.29, 1.82) is 0 Å². The molecule has 0 aromatic heterocycles. The lowest BCUT2D eigenvalue weighted by atomic mass is 9.88. The standard InChI is InChI=1S/C13H24/c1-6-12(4)8-11(12)13(5)7-10(13)9(2)3/h9-11H,6-8H2,1-5H3. The van der Waals surface area contributed by atoms with Crippen LogP contribution >= 0.6 is 0 Å². The summed E-state index contributed by atoms with van der Waals surface area (Å²) in [5.41, 5.74) is 1.46. The van der Waals surface area contributed by atoms with Crippen molar-refractivity contribution in [2.24, 2.45) is 28.6 Å². The fourth-order valence-electron chi connectivity index (χ4n) is 3.64. The SMILES string of the molecule is CCC1(C)CC1C1(C)CC1C(C)C. The second kappa shape index (κ2) is 2.52. The Balaban J connectivity index is 1.99. The van der Waals surface area contributed by atoms with Gasteiger partial charge in [-0.15, -0.1) is 0 Å². The molecular weight excluding hydrogens is 156 g/mol. The van der Waals surface area contributed by atoms with E-state index in [9.17, 15) is 0 Å². The van der Waals surface area contributed by atoms with Gasteiger partial charge in [-0.05, 0) is 41.4 Å². The summed E-state index contributed by atoms with van der Waals surface area (Å²) in [6.07, 6.45) is 4.40. The molecule has 13 heavy (non-hydrogen) atoms. The predicted molar refractivity (Wildman–Crippen MR) is 57.6 cm³/mol. The minimum absolute atomic E-state index is 0.721. The molecule has 0 amide bonds. The first-order chi connectivity index (χ1) is 5.94. The van der Waals surface area contributed by atoms with Crippen LogP contribution in [-0.2, 0) is 0 Å². The first-order valence-electron chi connectivity index (χ1n) is 5.94. The van der Waals surface area contributed by atoms with Gasteiger partial charge in [-0.2, -0.15) is 0 Å². The Morgan fingerprint density at radius 2 is 1.85 bits per heavy atom. The summed E-state index contributed by atoms with van der Waals surface area (Å²) in [4.78, 5) is 0. The molecule has 0 nitrogen and oxygen atoms in total. The lowest BCUT2D eigenvalue weighted by molar-refractivity contribution is 0.319. The first-order valence-corrected chi connectivity index (χ1v) is 5.94. The van der Waals surface area contributed by atoms with Crippen molar-refractivity contribution in [1.82, 2.24) is 0 Å². The van der Waals surface area contributed by atoms with E-state index in [2.05, 4.69) is 34.6 Å². The van der Waals surface area contributed by atoms with Crippen LogP contribution in [0.25, 0.3) is 0 Å². The van der Waals surface area contributed by atoms with Gasteiger partial charge in [0.25, 0.3) is 0 Å². The van der Waals surface area contributed by atoms with Crippen LogP contribution in [0.4, 0.5) is 0 Å². The van der Waals surface area contributed by atoms with Crippen molar-refractivity contribution in [3.8, 4) is 0 Å². The van der Waals surface area contributed by atoms with Gasteiger partial charge in [0, 0.05) is 0 Å². The van der Waals surface area contributed by atoms with Crippen molar-refractivity contribution in [3.63, 3.8) is 0 Å². The molecule has 4 unspecified atom stereocenters. The number of hydrogen-bond acceptors (Lipinski definition) is 0. The maximum absolute atomic E-state index is 2.53. The van der Waals surface area contributed by atoms with Crippen molar-refractivity contribution in [2.45, 2.75) is 53.9 Å². The summed E-state index contributed by atoms with van der Waals surface area (Å²) >= 11 is 0. The summed E-state index contributed by atoms with van der Waals surface area (Å²) in [6.45, 7) is 12.2. The van der Waals surface area contributed by atoms with Crippen molar-refractivity contribution in [2.75, 3.05) is 0 Å². The third-order valence-electron chi connectivity index (χ3n) is 5.11. The van der Waals surface area contributed by atoms with Gasteiger partial charge in [0.1, 0.15) is 0 Å². The summed E-state index contributed by atoms with van der Waals surface area (Å²) < 4.78 is 0. The third kappa shape index (κ3) is 1.25. The van der Waals surface area contributed by atoms with Gasteiger partial charge in [-0.1, -0.05) is 41.0 Å². The molecule has 0 N–H and O–H groups in total. The third-order valence-corrected chi connectivity index (χ3v) is 5.11. The molecule has 0 aromatic rings. The average molecular weight is 180 g/mol. The van der Waals surface area contributed by atoms with Gasteiger partial charge >= 0.3 is 0 Å². The minimum atomic E-state index is 0.721. The van der Waals surface area contributed by atoms with E-state index in [0.29, 0.717) is 0 Å². The molecule has 2 fully saturated rings. The highest BCUT2D eigenvalue weighted by Gasteiger charge is 2.67. The second-order valence-electron chi connectivity index (χ2n) is 6.32. The molecule has 0 spiro atoms. The Bertz CT molecular complexity index is 218. The fraction of sp³-hybridized carbons (Fsp3) is 1.00. The van der Waals surface area contributed by atoms with E-state index in [4.69, 9.17) is 0 Å². The zero-order valence-corrected chi connectivity index (χ0v) is 9.85. The van der Waals surface area contributed by atoms with Crippen LogP contribution in [0.3, 0.4) is 0 Å². The average Bonchev–Trinajstić information content (AvgIpc) is 2.89. The molecule has 76 valence electrons. The topological polar surface area (TPSA) is 0 Å². The normalized spacial score (nSPS) is 54.0. The van der Waals surface area contributed by atoms with Gasteiger partial charge in [-0.25, -0.2) is 0 Å². The Morgan fingerprint density at radius 3 is 2.15 bits per heavy atom. The van der Waals surface area contributed by atoms with E-state index in [-0.39, 0.29) is 0 Å². The highest BCUT2D eigenvalue weighted by atomic mass is 14.7. The molecule has 2 aliphatic carbocycles. The smallest absolute Gasteiger partial charge is 0.0258 e. The molecule has 0 aliphatic heterocycles. The largest absolute Gasteiger partial charge is 0.0649 e. The van der Waals surface area contributed by atoms with Crippen LogP contribution in [0, 0.1) is 28.6 Å². The van der Waals surface area contributed by atoms with E-state index in [1.807, 2.05) is 0 Å². The molecule has 0 aromatic carbocycles. The van der Waals surface area contributed by atoms with Gasteiger partial charge in [0.2, 0.25) is 0 Å². The quantitative estimate of drug-likeness (QED) is 0.613. The zero-order valence-electron chi connectivity index (χ0n) is 9.85. The molecule has 0 bridgehead atoms. The number of hydrogen-bond donors (Lipinski definition) is 0. The van der Waals surface area contributed by atoms with Crippen LogP contribution in [0.2, 0.25) is 0 Å². The predicted octanol–water partition coefficient (Wildman–Crippen LogP) is 4.10. The number of rotatable bonds is 3. The highest BCUT2D eigenvalue weighted by Crippen LogP contribution is 2.74. The maximum Gasteiger partial charge on any atom is -0.0258 e. The van der Waals surface area contributed by atoms with Crippen LogP contribution in [0.5, 0.6) is 0 Å². The van der Waals surface area contributed by atoms with E-state index in [1.165, 1.54) is 19.3 Å². The van der Waals surface area contributed by atoms with Crippen molar-refractivity contribution < 1.29 is 0 Å². The van der Waals surface area contributed by atoms with Crippen LogP contribution < -0.4 is 0 Å². The van der Waals surface area contributed by atoms with Gasteiger partial charge in [-0.3, -0.25) is 0 Å². The molecule has 0 heteroatoms. The summed E-state index contributed by atoms with van der Waals surface area (Å²) in [7, 11) is 0. The molecular formula is C13H24. The van der Waals surface area contributed by atoms with Crippen molar-refractivity contribution in [3.05, 3.63) is 0 Å². The van der Waals surface area contributed by atoms with Crippen molar-refractivity contribution >= 4 is 0 Å². The lowest BCUT2D eigenvalue weighted by Gasteiger charge is -2.16. The van der Waals surface area contributed by atoms with E-state index in [0.717, 1.165) is 28.6 Å². The molecule has 0 heterocycles. The summed E-state index contributed by atoms with van der Waals surface area (Å²) in [5.74, 6) is 3.00. The molecule has 2 aliphatic rings. The first kappa shape index (κ1) is 9.55. The van der Waals surface area contributed by atoms with Crippen LogP contribution in [-0.4, -0.2) is 0 Å². The minimum Gasteiger partial charge on any atom is -0.0649 e. The van der Waals surface area contributed by atoms with Gasteiger partial charge < -0.3 is 0 Å². The van der Waals surface area contributed by atoms with Crippen LogP contribution in [0.15, 0.2) is 0 Å². The Morgan fingerprint density at radius 1 is 1.23 bits per heavy atom.